The van der Waals surface area contributed by atoms with Gasteiger partial charge in [0.1, 0.15) is 10.6 Å². The number of nitrogens with zero attached hydrogens (tertiary/aromatic N) is 2. The van der Waals surface area contributed by atoms with Gasteiger partial charge in [0, 0.05) is 11.4 Å². The highest BCUT2D eigenvalue weighted by molar-refractivity contribution is 7.98. The number of fused-ring (bicyclic) bond motifs is 3. The molecule has 0 unspecified atom stereocenters. The van der Waals surface area contributed by atoms with Crippen LogP contribution in [0.2, 0.25) is 0 Å². The number of allylic oxidation sites excluding steroid dienone is 1. The van der Waals surface area contributed by atoms with Gasteiger partial charge in [-0.2, -0.15) is 0 Å². The first-order valence-electron chi connectivity index (χ1n) is 9.13. The molecule has 0 aromatic carbocycles. The van der Waals surface area contributed by atoms with E-state index in [1.807, 2.05) is 11.3 Å². The number of thioether (sulfide) groups is 1. The van der Waals surface area contributed by atoms with E-state index in [1.54, 1.807) is 22.2 Å². The van der Waals surface area contributed by atoms with Crippen molar-refractivity contribution in [2.45, 2.75) is 62.9 Å². The van der Waals surface area contributed by atoms with Gasteiger partial charge in [-0.3, -0.25) is 0 Å². The molecule has 0 saturated carbocycles. The molecule has 0 saturated heterocycles. The molecule has 0 spiro atoms. The zero-order valence-electron chi connectivity index (χ0n) is 14.4. The highest BCUT2D eigenvalue weighted by Crippen LogP contribution is 2.39. The summed E-state index contributed by atoms with van der Waals surface area (Å²) in [6.45, 7) is 0.983. The van der Waals surface area contributed by atoms with Crippen molar-refractivity contribution in [3.8, 4) is 0 Å². The summed E-state index contributed by atoms with van der Waals surface area (Å²) in [5, 5.41) is 5.85. The molecule has 24 heavy (non-hydrogen) atoms. The average Bonchev–Trinajstić information content (AvgIpc) is 3.01. The largest absolute Gasteiger partial charge is 0.369 e. The lowest BCUT2D eigenvalue weighted by atomic mass is 9.96. The van der Waals surface area contributed by atoms with Gasteiger partial charge in [0.2, 0.25) is 0 Å². The Bertz CT molecular complexity index is 764. The molecule has 4 rings (SSSR count). The summed E-state index contributed by atoms with van der Waals surface area (Å²) in [5.41, 5.74) is 3.14. The van der Waals surface area contributed by atoms with Gasteiger partial charge < -0.3 is 5.32 Å². The maximum absolute atomic E-state index is 4.81. The predicted octanol–water partition coefficient (Wildman–Crippen LogP) is 5.59. The van der Waals surface area contributed by atoms with E-state index < -0.39 is 0 Å². The van der Waals surface area contributed by atoms with Crippen LogP contribution in [0.5, 0.6) is 0 Å². The van der Waals surface area contributed by atoms with Gasteiger partial charge in [-0.25, -0.2) is 9.97 Å². The van der Waals surface area contributed by atoms with Crippen LogP contribution in [0.15, 0.2) is 16.8 Å². The molecule has 0 amide bonds. The number of nitrogens with one attached hydrogen (secondary N) is 1. The summed E-state index contributed by atoms with van der Waals surface area (Å²) in [7, 11) is 0. The molecule has 2 aliphatic carbocycles. The van der Waals surface area contributed by atoms with E-state index >= 15 is 0 Å². The Labute approximate surface area is 152 Å². The van der Waals surface area contributed by atoms with Crippen LogP contribution in [0.1, 0.15) is 55.4 Å². The molecule has 2 aliphatic rings. The van der Waals surface area contributed by atoms with Crippen LogP contribution in [0.25, 0.3) is 10.2 Å². The van der Waals surface area contributed by atoms with E-state index in [4.69, 9.17) is 9.97 Å². The van der Waals surface area contributed by atoms with Crippen LogP contribution < -0.4 is 5.32 Å². The molecule has 1 N–H and O–H groups in total. The normalized spacial score (nSPS) is 17.6. The van der Waals surface area contributed by atoms with Gasteiger partial charge in [0.05, 0.1) is 5.39 Å². The third-order valence-electron chi connectivity index (χ3n) is 5.10. The standard InChI is InChI=1S/C19H25N3S2/c1-23-19-21-17(20-12-11-13-7-3-2-4-8-13)16-14-9-5-6-10-15(14)24-18(16)22-19/h7H,2-6,8-12H2,1H3,(H,20,21,22). The van der Waals surface area contributed by atoms with Crippen LogP contribution in [0, 0.1) is 0 Å². The molecule has 0 bridgehead atoms. The van der Waals surface area contributed by atoms with Crippen LogP contribution in [0.4, 0.5) is 5.82 Å². The monoisotopic (exact) mass is 359 g/mol. The molecule has 0 fully saturated rings. The molecule has 0 atom stereocenters. The third kappa shape index (κ3) is 3.33. The quantitative estimate of drug-likeness (QED) is 0.429. The number of rotatable bonds is 5. The van der Waals surface area contributed by atoms with Crippen LogP contribution in [-0.4, -0.2) is 22.8 Å². The van der Waals surface area contributed by atoms with E-state index in [1.165, 1.54) is 67.1 Å². The third-order valence-corrected chi connectivity index (χ3v) is 6.83. The molecule has 2 heterocycles. The van der Waals surface area contributed by atoms with Crippen molar-refractivity contribution in [3.63, 3.8) is 0 Å². The minimum atomic E-state index is 0.889. The van der Waals surface area contributed by atoms with Crippen LogP contribution in [-0.2, 0) is 12.8 Å². The molecule has 2 aromatic rings. The highest BCUT2D eigenvalue weighted by Gasteiger charge is 2.21. The molecule has 0 aliphatic heterocycles. The molecule has 5 heteroatoms. The fraction of sp³-hybridized carbons (Fsp3) is 0.579. The summed E-state index contributed by atoms with van der Waals surface area (Å²) < 4.78 is 0. The van der Waals surface area contributed by atoms with Crippen molar-refractivity contribution in [1.82, 2.24) is 9.97 Å². The Balaban J connectivity index is 1.60. The average molecular weight is 360 g/mol. The predicted molar refractivity (Wildman–Crippen MR) is 105 cm³/mol. The second-order valence-corrected chi connectivity index (χ2v) is 8.59. The van der Waals surface area contributed by atoms with Crippen molar-refractivity contribution >= 4 is 39.1 Å². The number of hydrogen-bond donors (Lipinski definition) is 1. The Kier molecular flexibility index (Phi) is 5.09. The number of anilines is 1. The Morgan fingerprint density at radius 1 is 1.12 bits per heavy atom. The van der Waals surface area contributed by atoms with Gasteiger partial charge in [0.25, 0.3) is 0 Å². The minimum absolute atomic E-state index is 0.889. The topological polar surface area (TPSA) is 37.8 Å². The van der Waals surface area contributed by atoms with E-state index in [0.29, 0.717) is 0 Å². The fourth-order valence-electron chi connectivity index (χ4n) is 3.83. The summed E-state index contributed by atoms with van der Waals surface area (Å²) in [4.78, 5) is 12.3. The zero-order valence-corrected chi connectivity index (χ0v) is 16.0. The van der Waals surface area contributed by atoms with Gasteiger partial charge in [-0.1, -0.05) is 23.4 Å². The lowest BCUT2D eigenvalue weighted by Gasteiger charge is -2.15. The van der Waals surface area contributed by atoms with E-state index in [-0.39, 0.29) is 0 Å². The molecule has 3 nitrogen and oxygen atoms in total. The number of aryl methyl sites for hydroxylation is 2. The van der Waals surface area contributed by atoms with Crippen molar-refractivity contribution in [3.05, 3.63) is 22.1 Å². The van der Waals surface area contributed by atoms with E-state index in [2.05, 4.69) is 17.6 Å². The molecule has 2 aromatic heterocycles. The Hall–Kier alpha value is -1.07. The Morgan fingerprint density at radius 2 is 2.00 bits per heavy atom. The zero-order chi connectivity index (χ0) is 16.4. The van der Waals surface area contributed by atoms with Crippen molar-refractivity contribution in [2.24, 2.45) is 0 Å². The summed E-state index contributed by atoms with van der Waals surface area (Å²) in [6, 6.07) is 0. The van der Waals surface area contributed by atoms with E-state index in [0.717, 1.165) is 23.9 Å². The Morgan fingerprint density at radius 3 is 2.83 bits per heavy atom. The highest BCUT2D eigenvalue weighted by atomic mass is 32.2. The van der Waals surface area contributed by atoms with Gasteiger partial charge >= 0.3 is 0 Å². The molecule has 0 radical (unpaired) electrons. The van der Waals surface area contributed by atoms with Crippen molar-refractivity contribution in [2.75, 3.05) is 18.1 Å². The SMILES string of the molecule is CSc1nc(NCCC2=CCCCC2)c2c3c(sc2n1)CCCC3. The van der Waals surface area contributed by atoms with Crippen LogP contribution in [0.3, 0.4) is 0 Å². The maximum atomic E-state index is 4.81. The first-order valence-corrected chi connectivity index (χ1v) is 11.2. The summed E-state index contributed by atoms with van der Waals surface area (Å²) in [5.74, 6) is 1.07. The minimum Gasteiger partial charge on any atom is -0.369 e. The fourth-order valence-corrected chi connectivity index (χ4v) is 5.51. The number of thiophene rings is 1. The molecular formula is C19H25N3S2. The first kappa shape index (κ1) is 16.4. The lowest BCUT2D eigenvalue weighted by molar-refractivity contribution is 0.679. The van der Waals surface area contributed by atoms with Crippen molar-refractivity contribution in [1.29, 1.82) is 0 Å². The summed E-state index contributed by atoms with van der Waals surface area (Å²) in [6.07, 6.45) is 16.0. The van der Waals surface area contributed by atoms with Crippen LogP contribution >= 0.6 is 23.1 Å². The second kappa shape index (κ2) is 7.44. The smallest absolute Gasteiger partial charge is 0.190 e. The van der Waals surface area contributed by atoms with Gasteiger partial charge in [-0.05, 0) is 69.6 Å². The maximum Gasteiger partial charge on any atom is 0.190 e. The lowest BCUT2D eigenvalue weighted by Crippen LogP contribution is -2.08. The number of aromatic nitrogens is 2. The van der Waals surface area contributed by atoms with Crippen molar-refractivity contribution < 1.29 is 0 Å². The molecule has 128 valence electrons. The first-order chi connectivity index (χ1) is 11.8. The summed E-state index contributed by atoms with van der Waals surface area (Å²) >= 11 is 3.53. The number of hydrogen-bond acceptors (Lipinski definition) is 5. The molecular weight excluding hydrogens is 334 g/mol. The second-order valence-electron chi connectivity index (χ2n) is 6.73. The van der Waals surface area contributed by atoms with Gasteiger partial charge in [0.15, 0.2) is 5.16 Å². The van der Waals surface area contributed by atoms with Gasteiger partial charge in [-0.15, -0.1) is 11.3 Å². The van der Waals surface area contributed by atoms with E-state index in [9.17, 15) is 0 Å².